The number of benzene rings is 1. The predicted octanol–water partition coefficient (Wildman–Crippen LogP) is 2.86. The Bertz CT molecular complexity index is 626. The third-order valence-electron chi connectivity index (χ3n) is 3.55. The highest BCUT2D eigenvalue weighted by atomic mass is 35.5. The number of hydrogen-bond acceptors (Lipinski definition) is 3. The first kappa shape index (κ1) is 21.0. The molecule has 0 heterocycles. The maximum atomic E-state index is 12.1. The topological polar surface area (TPSA) is 95.5 Å². The zero-order valence-electron chi connectivity index (χ0n) is 14.8. The molecule has 0 aromatic heterocycles. The maximum absolute atomic E-state index is 12.1. The van der Waals surface area contributed by atoms with Crippen LogP contribution < -0.4 is 10.6 Å². The smallest absolute Gasteiger partial charge is 0.326 e. The van der Waals surface area contributed by atoms with Gasteiger partial charge in [-0.25, -0.2) is 4.79 Å². The summed E-state index contributed by atoms with van der Waals surface area (Å²) in [5.41, 5.74) is 0.385. The van der Waals surface area contributed by atoms with Crippen molar-refractivity contribution < 1.29 is 19.5 Å². The van der Waals surface area contributed by atoms with Crippen LogP contribution in [0, 0.1) is 5.41 Å². The number of carbonyl (C=O) groups excluding carboxylic acids is 2. The number of nitrogens with one attached hydrogen (secondary N) is 2. The van der Waals surface area contributed by atoms with Crippen LogP contribution >= 0.6 is 11.6 Å². The molecule has 0 saturated heterocycles. The van der Waals surface area contributed by atoms with E-state index in [4.69, 9.17) is 11.6 Å². The number of halogens is 1. The zero-order chi connectivity index (χ0) is 19.0. The Morgan fingerprint density at radius 3 is 2.48 bits per heavy atom. The van der Waals surface area contributed by atoms with E-state index >= 15 is 0 Å². The molecule has 1 unspecified atom stereocenters. The SMILES string of the molecule is CC(C)(C)CCNC(=O)CCC(NC(=O)c1cccc(Cl)c1)C(=O)O. The lowest BCUT2D eigenvalue weighted by atomic mass is 9.92. The molecule has 0 saturated carbocycles. The van der Waals surface area contributed by atoms with Crippen LogP contribution in [-0.2, 0) is 9.59 Å². The molecule has 0 spiro atoms. The van der Waals surface area contributed by atoms with Crippen molar-refractivity contribution in [2.24, 2.45) is 5.41 Å². The van der Waals surface area contributed by atoms with Crippen molar-refractivity contribution in [2.75, 3.05) is 6.54 Å². The highest BCUT2D eigenvalue weighted by Crippen LogP contribution is 2.17. The second kappa shape index (κ2) is 9.42. The molecule has 2 amide bonds. The monoisotopic (exact) mass is 368 g/mol. The highest BCUT2D eigenvalue weighted by molar-refractivity contribution is 6.31. The molecule has 7 heteroatoms. The molecule has 0 aliphatic rings. The summed E-state index contributed by atoms with van der Waals surface area (Å²) < 4.78 is 0. The number of carbonyl (C=O) groups is 3. The summed E-state index contributed by atoms with van der Waals surface area (Å²) in [7, 11) is 0. The fraction of sp³-hybridized carbons (Fsp3) is 0.500. The summed E-state index contributed by atoms with van der Waals surface area (Å²) >= 11 is 5.82. The van der Waals surface area contributed by atoms with Crippen molar-refractivity contribution in [1.82, 2.24) is 10.6 Å². The fourth-order valence-electron chi connectivity index (χ4n) is 2.07. The van der Waals surface area contributed by atoms with Crippen LogP contribution in [0.15, 0.2) is 24.3 Å². The van der Waals surface area contributed by atoms with Gasteiger partial charge in [0.2, 0.25) is 5.91 Å². The van der Waals surface area contributed by atoms with E-state index < -0.39 is 17.9 Å². The van der Waals surface area contributed by atoms with Gasteiger partial charge >= 0.3 is 5.97 Å². The van der Waals surface area contributed by atoms with Gasteiger partial charge in [0, 0.05) is 23.6 Å². The van der Waals surface area contributed by atoms with Gasteiger partial charge in [0.25, 0.3) is 5.91 Å². The lowest BCUT2D eigenvalue weighted by Gasteiger charge is -2.18. The van der Waals surface area contributed by atoms with Crippen LogP contribution in [0.4, 0.5) is 0 Å². The number of aliphatic carboxylic acids is 1. The average Bonchev–Trinajstić information content (AvgIpc) is 2.49. The van der Waals surface area contributed by atoms with Crippen LogP contribution in [0.5, 0.6) is 0 Å². The fourth-order valence-corrected chi connectivity index (χ4v) is 2.26. The molecule has 25 heavy (non-hydrogen) atoms. The quantitative estimate of drug-likeness (QED) is 0.657. The van der Waals surface area contributed by atoms with Gasteiger partial charge in [-0.2, -0.15) is 0 Å². The minimum atomic E-state index is -1.18. The van der Waals surface area contributed by atoms with E-state index in [2.05, 4.69) is 31.4 Å². The maximum Gasteiger partial charge on any atom is 0.326 e. The largest absolute Gasteiger partial charge is 0.480 e. The Morgan fingerprint density at radius 2 is 1.92 bits per heavy atom. The van der Waals surface area contributed by atoms with Crippen LogP contribution in [0.2, 0.25) is 5.02 Å². The first-order valence-corrected chi connectivity index (χ1v) is 8.52. The van der Waals surface area contributed by atoms with E-state index in [1.54, 1.807) is 18.2 Å². The summed E-state index contributed by atoms with van der Waals surface area (Å²) in [6.07, 6.45) is 0.868. The van der Waals surface area contributed by atoms with Crippen LogP contribution in [-0.4, -0.2) is 35.5 Å². The molecule has 1 aromatic carbocycles. The van der Waals surface area contributed by atoms with Gasteiger partial charge in [-0.3, -0.25) is 9.59 Å². The summed E-state index contributed by atoms with van der Waals surface area (Å²) in [5.74, 6) is -1.95. The molecule has 1 rings (SSSR count). The molecule has 0 fully saturated rings. The molecular formula is C18H25ClN2O4. The Balaban J connectivity index is 2.50. The molecule has 0 aliphatic carbocycles. The Kier molecular flexibility index (Phi) is 7.90. The molecule has 0 radical (unpaired) electrons. The van der Waals surface area contributed by atoms with Gasteiger partial charge in [-0.1, -0.05) is 38.4 Å². The van der Waals surface area contributed by atoms with Crippen LogP contribution in [0.1, 0.15) is 50.4 Å². The van der Waals surface area contributed by atoms with Crippen molar-refractivity contribution in [3.63, 3.8) is 0 Å². The molecule has 1 atom stereocenters. The van der Waals surface area contributed by atoms with E-state index in [0.717, 1.165) is 6.42 Å². The van der Waals surface area contributed by atoms with Gasteiger partial charge in [0.15, 0.2) is 0 Å². The second-order valence-electron chi connectivity index (χ2n) is 7.07. The van der Waals surface area contributed by atoms with E-state index in [1.165, 1.54) is 6.07 Å². The van der Waals surface area contributed by atoms with E-state index in [-0.39, 0.29) is 29.7 Å². The number of rotatable bonds is 8. The Labute approximate surface area is 152 Å². The molecule has 0 aliphatic heterocycles. The predicted molar refractivity (Wildman–Crippen MR) is 96.7 cm³/mol. The first-order chi connectivity index (χ1) is 11.6. The minimum Gasteiger partial charge on any atom is -0.480 e. The second-order valence-corrected chi connectivity index (χ2v) is 7.51. The van der Waals surface area contributed by atoms with Gasteiger partial charge in [0.1, 0.15) is 6.04 Å². The average molecular weight is 369 g/mol. The lowest BCUT2D eigenvalue weighted by molar-refractivity contribution is -0.139. The number of carboxylic acid groups (broad SMARTS) is 1. The van der Waals surface area contributed by atoms with Gasteiger partial charge < -0.3 is 15.7 Å². The summed E-state index contributed by atoms with van der Waals surface area (Å²) in [6.45, 7) is 6.76. The number of hydrogen-bond donors (Lipinski definition) is 3. The van der Waals surface area contributed by atoms with Gasteiger partial charge in [-0.05, 0) is 36.5 Å². The van der Waals surface area contributed by atoms with E-state index in [0.29, 0.717) is 11.6 Å². The zero-order valence-corrected chi connectivity index (χ0v) is 15.5. The van der Waals surface area contributed by atoms with Crippen molar-refractivity contribution in [3.05, 3.63) is 34.9 Å². The minimum absolute atomic E-state index is 0.0169. The molecule has 3 N–H and O–H groups in total. The summed E-state index contributed by atoms with van der Waals surface area (Å²) in [6, 6.07) is 5.08. The molecule has 1 aromatic rings. The standard InChI is InChI=1S/C18H25ClN2O4/c1-18(2,3)9-10-20-15(22)8-7-14(17(24)25)21-16(23)12-5-4-6-13(19)11-12/h4-6,11,14H,7-10H2,1-3H3,(H,20,22)(H,21,23)(H,24,25). The van der Waals surface area contributed by atoms with Crippen molar-refractivity contribution in [1.29, 1.82) is 0 Å². The van der Waals surface area contributed by atoms with E-state index in [9.17, 15) is 19.5 Å². The van der Waals surface area contributed by atoms with Crippen molar-refractivity contribution >= 4 is 29.4 Å². The highest BCUT2D eigenvalue weighted by Gasteiger charge is 2.22. The van der Waals surface area contributed by atoms with Crippen LogP contribution in [0.3, 0.4) is 0 Å². The number of amides is 2. The third-order valence-corrected chi connectivity index (χ3v) is 3.78. The Morgan fingerprint density at radius 1 is 1.24 bits per heavy atom. The molecule has 6 nitrogen and oxygen atoms in total. The lowest BCUT2D eigenvalue weighted by Crippen LogP contribution is -2.41. The van der Waals surface area contributed by atoms with Gasteiger partial charge in [-0.15, -0.1) is 0 Å². The summed E-state index contributed by atoms with van der Waals surface area (Å²) in [5, 5.41) is 14.8. The first-order valence-electron chi connectivity index (χ1n) is 8.14. The third kappa shape index (κ3) is 8.54. The van der Waals surface area contributed by atoms with Crippen LogP contribution in [0.25, 0.3) is 0 Å². The normalized spacial score (nSPS) is 12.3. The molecule has 0 bridgehead atoms. The Hall–Kier alpha value is -2.08. The number of carboxylic acids is 1. The van der Waals surface area contributed by atoms with Gasteiger partial charge in [0.05, 0.1) is 0 Å². The van der Waals surface area contributed by atoms with Crippen molar-refractivity contribution in [2.45, 2.75) is 46.1 Å². The van der Waals surface area contributed by atoms with E-state index in [1.807, 2.05) is 0 Å². The molecular weight excluding hydrogens is 344 g/mol. The van der Waals surface area contributed by atoms with Crippen molar-refractivity contribution in [3.8, 4) is 0 Å². The molecule has 138 valence electrons. The summed E-state index contributed by atoms with van der Waals surface area (Å²) in [4.78, 5) is 35.2.